The summed E-state index contributed by atoms with van der Waals surface area (Å²) in [6.07, 6.45) is 1.13. The molecule has 0 saturated carbocycles. The molecule has 0 bridgehead atoms. The number of anilines is 1. The van der Waals surface area contributed by atoms with Crippen molar-refractivity contribution in [1.82, 2.24) is 4.90 Å². The highest BCUT2D eigenvalue weighted by molar-refractivity contribution is 5.47. The number of hydrogen-bond acceptors (Lipinski definition) is 5. The van der Waals surface area contributed by atoms with E-state index in [-0.39, 0.29) is 6.79 Å². The maximum atomic E-state index is 6.11. The molecule has 5 nitrogen and oxygen atoms in total. The minimum atomic E-state index is 0.283. The zero-order chi connectivity index (χ0) is 17.2. The smallest absolute Gasteiger partial charge is 0.231 e. The highest BCUT2D eigenvalue weighted by atomic mass is 16.7. The number of likely N-dealkylation sites (tertiary alicyclic amines) is 1. The molecule has 2 unspecified atom stereocenters. The van der Waals surface area contributed by atoms with Gasteiger partial charge in [0.25, 0.3) is 0 Å². The van der Waals surface area contributed by atoms with Crippen molar-refractivity contribution in [3.8, 4) is 17.2 Å². The first-order valence-corrected chi connectivity index (χ1v) is 8.75. The predicted molar refractivity (Wildman–Crippen MR) is 97.3 cm³/mol. The molecule has 5 heteroatoms. The van der Waals surface area contributed by atoms with Crippen LogP contribution in [0.5, 0.6) is 17.2 Å². The Kier molecular flexibility index (Phi) is 4.40. The summed E-state index contributed by atoms with van der Waals surface area (Å²) in [5, 5.41) is 0. The zero-order valence-electron chi connectivity index (χ0n) is 14.5. The Morgan fingerprint density at radius 3 is 2.76 bits per heavy atom. The van der Waals surface area contributed by atoms with Crippen LogP contribution in [-0.2, 0) is 0 Å². The van der Waals surface area contributed by atoms with Crippen LogP contribution in [0.3, 0.4) is 0 Å². The quantitative estimate of drug-likeness (QED) is 0.867. The average Bonchev–Trinajstić information content (AvgIpc) is 3.09. The Hall–Kier alpha value is -2.40. The first-order valence-electron chi connectivity index (χ1n) is 8.75. The van der Waals surface area contributed by atoms with Gasteiger partial charge in [-0.15, -0.1) is 0 Å². The fourth-order valence-electron chi connectivity index (χ4n) is 3.73. The molecule has 2 aliphatic heterocycles. The van der Waals surface area contributed by atoms with Crippen molar-refractivity contribution >= 4 is 5.69 Å². The maximum absolute atomic E-state index is 6.11. The number of piperidine rings is 1. The minimum Gasteiger partial charge on any atom is -0.493 e. The first-order chi connectivity index (χ1) is 12.2. The van der Waals surface area contributed by atoms with Crippen LogP contribution in [-0.4, -0.2) is 38.4 Å². The van der Waals surface area contributed by atoms with E-state index in [1.165, 1.54) is 5.56 Å². The summed E-state index contributed by atoms with van der Waals surface area (Å²) in [5.41, 5.74) is 8.00. The van der Waals surface area contributed by atoms with Gasteiger partial charge >= 0.3 is 0 Å². The number of nitrogens with zero attached hydrogens (tertiary/aromatic N) is 1. The number of nitrogen functional groups attached to an aromatic ring is 1. The predicted octanol–water partition coefficient (Wildman–Crippen LogP) is 3.11. The van der Waals surface area contributed by atoms with Gasteiger partial charge in [0, 0.05) is 24.2 Å². The topological polar surface area (TPSA) is 57.0 Å². The van der Waals surface area contributed by atoms with Gasteiger partial charge in [-0.05, 0) is 55.8 Å². The van der Waals surface area contributed by atoms with Gasteiger partial charge in [0.15, 0.2) is 11.5 Å². The molecular formula is C20H24N2O3. The Morgan fingerprint density at radius 1 is 1.12 bits per heavy atom. The molecule has 0 spiro atoms. The Morgan fingerprint density at radius 2 is 1.92 bits per heavy atom. The summed E-state index contributed by atoms with van der Waals surface area (Å²) < 4.78 is 16.9. The summed E-state index contributed by atoms with van der Waals surface area (Å²) in [6.45, 7) is 3.10. The van der Waals surface area contributed by atoms with Crippen LogP contribution in [0.25, 0.3) is 0 Å². The third-order valence-electron chi connectivity index (χ3n) is 5.11. The normalized spacial score (nSPS) is 22.8. The second kappa shape index (κ2) is 6.84. The van der Waals surface area contributed by atoms with Crippen LogP contribution in [0.15, 0.2) is 42.5 Å². The van der Waals surface area contributed by atoms with Gasteiger partial charge in [0.2, 0.25) is 6.79 Å². The van der Waals surface area contributed by atoms with Crippen LogP contribution in [0.2, 0.25) is 0 Å². The Balaban J connectivity index is 1.47. The standard InChI is InChI=1S/C20H24N2O3/c1-22-9-8-18(14-2-4-16(21)5-3-14)15(11-22)12-23-17-6-7-19-20(10-17)25-13-24-19/h2-7,10,15,18H,8-9,11-13,21H2,1H3. The Bertz CT molecular complexity index is 732. The van der Waals surface area contributed by atoms with E-state index in [0.717, 1.165) is 42.4 Å². The van der Waals surface area contributed by atoms with Crippen LogP contribution in [0, 0.1) is 5.92 Å². The molecule has 2 aromatic rings. The van der Waals surface area contributed by atoms with Crippen LogP contribution < -0.4 is 19.9 Å². The summed E-state index contributed by atoms with van der Waals surface area (Å²) in [6, 6.07) is 14.0. The van der Waals surface area contributed by atoms with Gasteiger partial charge in [0.1, 0.15) is 5.75 Å². The van der Waals surface area contributed by atoms with Crippen molar-refractivity contribution in [3.63, 3.8) is 0 Å². The second-order valence-corrected chi connectivity index (χ2v) is 6.91. The van der Waals surface area contributed by atoms with Gasteiger partial charge in [-0.2, -0.15) is 0 Å². The molecule has 132 valence electrons. The van der Waals surface area contributed by atoms with Gasteiger partial charge < -0.3 is 24.8 Å². The fourth-order valence-corrected chi connectivity index (χ4v) is 3.73. The lowest BCUT2D eigenvalue weighted by atomic mass is 9.81. The molecule has 25 heavy (non-hydrogen) atoms. The zero-order valence-corrected chi connectivity index (χ0v) is 14.5. The summed E-state index contributed by atoms with van der Waals surface area (Å²) in [4.78, 5) is 2.38. The van der Waals surface area contributed by atoms with Crippen molar-refractivity contribution in [2.45, 2.75) is 12.3 Å². The average molecular weight is 340 g/mol. The van der Waals surface area contributed by atoms with E-state index < -0.39 is 0 Å². The van der Waals surface area contributed by atoms with Crippen LogP contribution in [0.1, 0.15) is 17.9 Å². The minimum absolute atomic E-state index is 0.283. The molecule has 1 fully saturated rings. The lowest BCUT2D eigenvalue weighted by Crippen LogP contribution is -2.39. The monoisotopic (exact) mass is 340 g/mol. The number of benzene rings is 2. The van der Waals surface area contributed by atoms with Gasteiger partial charge in [0.05, 0.1) is 6.61 Å². The highest BCUT2D eigenvalue weighted by Crippen LogP contribution is 2.37. The number of nitrogens with two attached hydrogens (primary N) is 1. The van der Waals surface area contributed by atoms with Crippen LogP contribution in [0.4, 0.5) is 5.69 Å². The largest absolute Gasteiger partial charge is 0.493 e. The molecule has 0 amide bonds. The van der Waals surface area contributed by atoms with E-state index in [1.807, 2.05) is 30.3 Å². The molecule has 2 aliphatic rings. The van der Waals surface area contributed by atoms with Crippen LogP contribution >= 0.6 is 0 Å². The molecule has 0 aromatic heterocycles. The molecule has 4 rings (SSSR count). The van der Waals surface area contributed by atoms with Crippen molar-refractivity contribution in [2.24, 2.45) is 5.92 Å². The number of rotatable bonds is 4. The first kappa shape index (κ1) is 16.1. The summed E-state index contributed by atoms with van der Waals surface area (Å²) in [5.74, 6) is 3.30. The molecule has 0 aliphatic carbocycles. The third-order valence-corrected chi connectivity index (χ3v) is 5.11. The summed E-state index contributed by atoms with van der Waals surface area (Å²) >= 11 is 0. The maximum Gasteiger partial charge on any atom is 0.231 e. The van der Waals surface area contributed by atoms with E-state index in [9.17, 15) is 0 Å². The lowest BCUT2D eigenvalue weighted by Gasteiger charge is -2.37. The number of ether oxygens (including phenoxy) is 3. The van der Waals surface area contributed by atoms with Crippen molar-refractivity contribution in [2.75, 3.05) is 39.3 Å². The van der Waals surface area contributed by atoms with Crippen molar-refractivity contribution in [1.29, 1.82) is 0 Å². The highest BCUT2D eigenvalue weighted by Gasteiger charge is 2.29. The van der Waals surface area contributed by atoms with E-state index in [4.69, 9.17) is 19.9 Å². The van der Waals surface area contributed by atoms with Crippen molar-refractivity contribution in [3.05, 3.63) is 48.0 Å². The number of fused-ring (bicyclic) bond motifs is 1. The van der Waals surface area contributed by atoms with Crippen molar-refractivity contribution < 1.29 is 14.2 Å². The third kappa shape index (κ3) is 3.51. The Labute approximate surface area is 148 Å². The molecule has 1 saturated heterocycles. The molecule has 2 heterocycles. The van der Waals surface area contributed by atoms with E-state index in [2.05, 4.69) is 24.1 Å². The summed E-state index contributed by atoms with van der Waals surface area (Å²) in [7, 11) is 2.17. The number of hydrogen-bond donors (Lipinski definition) is 1. The van der Waals surface area contributed by atoms with E-state index in [1.54, 1.807) is 0 Å². The molecule has 2 N–H and O–H groups in total. The van der Waals surface area contributed by atoms with Gasteiger partial charge in [-0.1, -0.05) is 12.1 Å². The van der Waals surface area contributed by atoms with E-state index in [0.29, 0.717) is 18.4 Å². The van der Waals surface area contributed by atoms with Gasteiger partial charge in [-0.3, -0.25) is 0 Å². The molecular weight excluding hydrogens is 316 g/mol. The molecule has 2 atom stereocenters. The van der Waals surface area contributed by atoms with Gasteiger partial charge in [-0.25, -0.2) is 0 Å². The van der Waals surface area contributed by atoms with E-state index >= 15 is 0 Å². The fraction of sp³-hybridized carbons (Fsp3) is 0.400. The molecule has 2 aromatic carbocycles. The second-order valence-electron chi connectivity index (χ2n) is 6.91. The SMILES string of the molecule is CN1CCC(c2ccc(N)cc2)C(COc2ccc3c(c2)OCO3)C1. The molecule has 0 radical (unpaired) electrons. The lowest BCUT2D eigenvalue weighted by molar-refractivity contribution is 0.129.